The van der Waals surface area contributed by atoms with E-state index < -0.39 is 0 Å². The maximum atomic E-state index is 11.9. The molecule has 3 heteroatoms. The first kappa shape index (κ1) is 10.7. The fourth-order valence-corrected chi connectivity index (χ4v) is 1.62. The number of nitrogens with one attached hydrogen (secondary N) is 2. The van der Waals surface area contributed by atoms with Gasteiger partial charge < -0.3 is 10.3 Å². The summed E-state index contributed by atoms with van der Waals surface area (Å²) in [5, 5.41) is 3.81. The number of carbonyl (C=O) groups excluding carboxylic acids is 1. The highest BCUT2D eigenvalue weighted by atomic mass is 16.1. The maximum Gasteiger partial charge on any atom is 1.00 e. The largest absolute Gasteiger partial charge is 1.00 e. The number of para-hydroxylation sites is 1. The Kier molecular flexibility index (Phi) is 2.95. The molecule has 2 rings (SSSR count). The van der Waals surface area contributed by atoms with Crippen molar-refractivity contribution in [2.75, 3.05) is 6.54 Å². The molecule has 1 amide bonds. The molecule has 1 radical (unpaired) electrons. The number of hydrogen-bond donors (Lipinski definition) is 2. The Hall–Kier alpha value is -1.77. The minimum atomic E-state index is -0.0482. The highest BCUT2D eigenvalue weighted by Gasteiger charge is 2.11. The van der Waals surface area contributed by atoms with Crippen molar-refractivity contribution < 1.29 is 6.22 Å². The van der Waals surface area contributed by atoms with Crippen molar-refractivity contribution in [1.29, 1.82) is 0 Å². The molecule has 0 saturated carbocycles. The second-order valence-electron chi connectivity index (χ2n) is 4.06. The maximum absolute atomic E-state index is 11.9. The van der Waals surface area contributed by atoms with Crippen molar-refractivity contribution in [2.45, 2.75) is 6.92 Å². The standard InChI is InChI=1S/C13H15N2O/c1-9(2)7-15-13(16)11-8-14-12-6-4-3-5-10(11)12/h3-6,8-9,14H,1,7H2,2H3,(H,15,16)/p+1. The lowest BCUT2D eigenvalue weighted by Crippen LogP contribution is -2.27. The van der Waals surface area contributed by atoms with Gasteiger partial charge in [0.25, 0.3) is 5.91 Å². The second-order valence-corrected chi connectivity index (χ2v) is 4.06. The predicted octanol–water partition coefficient (Wildman–Crippen LogP) is 2.48. The van der Waals surface area contributed by atoms with Crippen molar-refractivity contribution in [2.24, 2.45) is 5.92 Å². The molecule has 0 spiro atoms. The first-order valence-electron chi connectivity index (χ1n) is 5.36. The zero-order chi connectivity index (χ0) is 11.5. The molecule has 0 saturated heterocycles. The summed E-state index contributed by atoms with van der Waals surface area (Å²) < 4.78 is 0. The van der Waals surface area contributed by atoms with Crippen LogP contribution in [0.5, 0.6) is 0 Å². The number of amides is 1. The molecule has 1 heterocycles. The number of rotatable bonds is 3. The Morgan fingerprint density at radius 2 is 2.31 bits per heavy atom. The topological polar surface area (TPSA) is 44.9 Å². The van der Waals surface area contributed by atoms with E-state index in [4.69, 9.17) is 0 Å². The monoisotopic (exact) mass is 216 g/mol. The van der Waals surface area contributed by atoms with E-state index in [-0.39, 0.29) is 13.3 Å². The van der Waals surface area contributed by atoms with Gasteiger partial charge in [-0.25, -0.2) is 0 Å². The molecule has 0 aliphatic heterocycles. The minimum absolute atomic E-state index is 0. The number of carbonyl (C=O) groups is 1. The molecule has 0 aliphatic rings. The van der Waals surface area contributed by atoms with Crippen molar-refractivity contribution >= 4 is 16.8 Å². The van der Waals surface area contributed by atoms with Gasteiger partial charge >= 0.3 is 1.43 Å². The van der Waals surface area contributed by atoms with Gasteiger partial charge in [-0.3, -0.25) is 4.79 Å². The Morgan fingerprint density at radius 1 is 1.56 bits per heavy atom. The average Bonchev–Trinajstić information content (AvgIpc) is 2.69. The van der Waals surface area contributed by atoms with Gasteiger partial charge in [0.05, 0.1) is 5.56 Å². The molecule has 1 aromatic carbocycles. The first-order valence-corrected chi connectivity index (χ1v) is 5.36. The van der Waals surface area contributed by atoms with Gasteiger partial charge in [-0.05, 0) is 18.9 Å². The van der Waals surface area contributed by atoms with Gasteiger partial charge in [-0.15, -0.1) is 0 Å². The van der Waals surface area contributed by atoms with E-state index in [1.807, 2.05) is 31.2 Å². The van der Waals surface area contributed by atoms with Crippen LogP contribution in [0.1, 0.15) is 18.7 Å². The number of aromatic amines is 1. The Balaban J connectivity index is 0.00000144. The van der Waals surface area contributed by atoms with Crippen LogP contribution in [0, 0.1) is 12.8 Å². The number of aromatic nitrogens is 1. The van der Waals surface area contributed by atoms with E-state index >= 15 is 0 Å². The number of H-pyrrole nitrogens is 1. The molecule has 2 N–H and O–H groups in total. The van der Waals surface area contributed by atoms with Crippen LogP contribution >= 0.6 is 0 Å². The van der Waals surface area contributed by atoms with Gasteiger partial charge in [0.2, 0.25) is 0 Å². The van der Waals surface area contributed by atoms with E-state index in [0.29, 0.717) is 12.1 Å². The molecule has 0 aliphatic carbocycles. The zero-order valence-corrected chi connectivity index (χ0v) is 9.29. The lowest BCUT2D eigenvalue weighted by Gasteiger charge is -2.06. The molecule has 3 nitrogen and oxygen atoms in total. The quantitative estimate of drug-likeness (QED) is 0.813. The van der Waals surface area contributed by atoms with Crippen molar-refractivity contribution in [3.63, 3.8) is 0 Å². The molecular weight excluding hydrogens is 200 g/mol. The molecule has 1 unspecified atom stereocenters. The van der Waals surface area contributed by atoms with Gasteiger partial charge in [0, 0.05) is 23.6 Å². The summed E-state index contributed by atoms with van der Waals surface area (Å²) in [6, 6.07) is 7.76. The van der Waals surface area contributed by atoms with E-state index in [2.05, 4.69) is 17.2 Å². The van der Waals surface area contributed by atoms with Crippen LogP contribution in [0.15, 0.2) is 30.5 Å². The summed E-state index contributed by atoms with van der Waals surface area (Å²) in [5.41, 5.74) is 1.67. The highest BCUT2D eigenvalue weighted by Crippen LogP contribution is 2.17. The average molecular weight is 216 g/mol. The van der Waals surface area contributed by atoms with E-state index in [1.165, 1.54) is 0 Å². The third kappa shape index (κ3) is 2.08. The molecule has 0 fully saturated rings. The lowest BCUT2D eigenvalue weighted by atomic mass is 10.1. The van der Waals surface area contributed by atoms with Gasteiger partial charge in [0.1, 0.15) is 0 Å². The summed E-state index contributed by atoms with van der Waals surface area (Å²) in [5.74, 6) is 0.169. The zero-order valence-electron chi connectivity index (χ0n) is 10.3. The Morgan fingerprint density at radius 3 is 3.06 bits per heavy atom. The lowest BCUT2D eigenvalue weighted by molar-refractivity contribution is 0.0952. The van der Waals surface area contributed by atoms with Crippen LogP contribution in [0.4, 0.5) is 0 Å². The summed E-state index contributed by atoms with van der Waals surface area (Å²) in [6.07, 6.45) is 1.74. The molecule has 16 heavy (non-hydrogen) atoms. The smallest absolute Gasteiger partial charge is 0.360 e. The van der Waals surface area contributed by atoms with E-state index in [1.54, 1.807) is 6.20 Å². The molecule has 1 aromatic heterocycles. The molecule has 83 valence electrons. The summed E-state index contributed by atoms with van der Waals surface area (Å²) in [7, 11) is 0. The SMILES string of the molecule is [CH2]C(C)CNC(=O)c1c[nH]c2ccccc12.[H+]. The second kappa shape index (κ2) is 4.39. The normalized spacial score (nSPS) is 10.9. The van der Waals surface area contributed by atoms with Gasteiger partial charge in [-0.1, -0.05) is 25.1 Å². The molecule has 0 bridgehead atoms. The van der Waals surface area contributed by atoms with Crippen LogP contribution in [0.2, 0.25) is 0 Å². The van der Waals surface area contributed by atoms with Crippen LogP contribution in [-0.2, 0) is 0 Å². The number of fused-ring (bicyclic) bond motifs is 1. The first-order chi connectivity index (χ1) is 7.68. The van der Waals surface area contributed by atoms with Crippen molar-refractivity contribution in [3.8, 4) is 0 Å². The van der Waals surface area contributed by atoms with Crippen LogP contribution in [-0.4, -0.2) is 17.4 Å². The fourth-order valence-electron chi connectivity index (χ4n) is 1.62. The minimum Gasteiger partial charge on any atom is -0.360 e. The van der Waals surface area contributed by atoms with Crippen molar-refractivity contribution in [1.82, 2.24) is 10.3 Å². The molecule has 1 atom stereocenters. The summed E-state index contributed by atoms with van der Waals surface area (Å²) in [4.78, 5) is 14.9. The van der Waals surface area contributed by atoms with Crippen LogP contribution in [0.25, 0.3) is 10.9 Å². The summed E-state index contributed by atoms with van der Waals surface area (Å²) in [6.45, 7) is 6.39. The fraction of sp³-hybridized carbons (Fsp3) is 0.231. The number of benzene rings is 1. The van der Waals surface area contributed by atoms with E-state index in [9.17, 15) is 4.79 Å². The van der Waals surface area contributed by atoms with Crippen LogP contribution in [0.3, 0.4) is 0 Å². The summed E-state index contributed by atoms with van der Waals surface area (Å²) >= 11 is 0. The predicted molar refractivity (Wildman–Crippen MR) is 66.3 cm³/mol. The highest BCUT2D eigenvalue weighted by molar-refractivity contribution is 6.06. The Bertz CT molecular complexity index is 505. The molecule has 2 aromatic rings. The van der Waals surface area contributed by atoms with Crippen LogP contribution < -0.4 is 5.32 Å². The Labute approximate surface area is 96.3 Å². The third-order valence-corrected chi connectivity index (χ3v) is 2.44. The van der Waals surface area contributed by atoms with Gasteiger partial charge in [0.15, 0.2) is 0 Å². The van der Waals surface area contributed by atoms with Gasteiger partial charge in [-0.2, -0.15) is 0 Å². The van der Waals surface area contributed by atoms with Crippen molar-refractivity contribution in [3.05, 3.63) is 42.9 Å². The number of hydrogen-bond acceptors (Lipinski definition) is 1. The molecular formula is C13H16N2O+. The third-order valence-electron chi connectivity index (χ3n) is 2.44. The van der Waals surface area contributed by atoms with E-state index in [0.717, 1.165) is 10.9 Å².